The van der Waals surface area contributed by atoms with Gasteiger partial charge in [0.15, 0.2) is 0 Å². The largest absolute Gasteiger partial charge is 0.487 e. The summed E-state index contributed by atoms with van der Waals surface area (Å²) in [4.78, 5) is 15.0. The van der Waals surface area contributed by atoms with E-state index in [0.29, 0.717) is 18.0 Å². The molecule has 1 atom stereocenters. The minimum atomic E-state index is -0.0814. The normalized spacial score (nSPS) is 16.1. The van der Waals surface area contributed by atoms with Crippen LogP contribution in [0.5, 0.6) is 5.75 Å². The SMILES string of the molecule is Cc1ccc(NC(=O)N2CCCC2c2cccn2C)c(OCc2ccccc2)c1. The molecule has 5 heteroatoms. The molecule has 1 unspecified atom stereocenters. The zero-order valence-electron chi connectivity index (χ0n) is 17.0. The molecule has 0 bridgehead atoms. The van der Waals surface area contributed by atoms with Crippen LogP contribution in [0.1, 0.15) is 35.7 Å². The zero-order valence-corrected chi connectivity index (χ0v) is 17.0. The average molecular weight is 389 g/mol. The Hall–Kier alpha value is -3.21. The molecule has 1 N–H and O–H groups in total. The summed E-state index contributed by atoms with van der Waals surface area (Å²) in [6.45, 7) is 3.24. The number of hydrogen-bond acceptors (Lipinski definition) is 2. The van der Waals surface area contributed by atoms with E-state index in [1.165, 1.54) is 5.69 Å². The van der Waals surface area contributed by atoms with Crippen molar-refractivity contribution in [3.63, 3.8) is 0 Å². The van der Waals surface area contributed by atoms with Gasteiger partial charge in [-0.25, -0.2) is 4.79 Å². The van der Waals surface area contributed by atoms with Gasteiger partial charge in [0.1, 0.15) is 12.4 Å². The van der Waals surface area contributed by atoms with Crippen molar-refractivity contribution < 1.29 is 9.53 Å². The molecule has 0 radical (unpaired) electrons. The van der Waals surface area contributed by atoms with Crippen molar-refractivity contribution in [1.82, 2.24) is 9.47 Å². The second-order valence-corrected chi connectivity index (χ2v) is 7.60. The lowest BCUT2D eigenvalue weighted by molar-refractivity contribution is 0.205. The van der Waals surface area contributed by atoms with E-state index in [0.717, 1.165) is 30.5 Å². The van der Waals surface area contributed by atoms with Crippen molar-refractivity contribution >= 4 is 11.7 Å². The van der Waals surface area contributed by atoms with Crippen LogP contribution in [0.2, 0.25) is 0 Å². The third kappa shape index (κ3) is 4.29. The standard InChI is InChI=1S/C24H27N3O2/c1-18-12-13-20(23(16-18)29-17-19-8-4-3-5-9-19)25-24(28)27-15-7-11-22(27)21-10-6-14-26(21)2/h3-6,8-10,12-14,16,22H,7,11,15,17H2,1-2H3,(H,25,28). The first-order valence-corrected chi connectivity index (χ1v) is 10.1. The van der Waals surface area contributed by atoms with E-state index in [2.05, 4.69) is 16.0 Å². The molecular weight excluding hydrogens is 362 g/mol. The van der Waals surface area contributed by atoms with Crippen LogP contribution in [0.4, 0.5) is 10.5 Å². The molecule has 5 nitrogen and oxygen atoms in total. The van der Waals surface area contributed by atoms with Crippen molar-refractivity contribution in [2.45, 2.75) is 32.4 Å². The molecule has 2 aromatic carbocycles. The number of carbonyl (C=O) groups is 1. The molecule has 1 saturated heterocycles. The molecule has 0 spiro atoms. The van der Waals surface area contributed by atoms with Gasteiger partial charge in [-0.2, -0.15) is 0 Å². The van der Waals surface area contributed by atoms with Crippen molar-refractivity contribution in [3.8, 4) is 5.75 Å². The molecule has 1 fully saturated rings. The number of aromatic nitrogens is 1. The lowest BCUT2D eigenvalue weighted by atomic mass is 10.1. The predicted molar refractivity (Wildman–Crippen MR) is 115 cm³/mol. The second kappa shape index (κ2) is 8.43. The van der Waals surface area contributed by atoms with Crippen LogP contribution in [-0.2, 0) is 13.7 Å². The maximum atomic E-state index is 13.1. The third-order valence-corrected chi connectivity index (χ3v) is 5.45. The monoisotopic (exact) mass is 389 g/mol. The van der Waals surface area contributed by atoms with E-state index in [-0.39, 0.29) is 12.1 Å². The van der Waals surface area contributed by atoms with Gasteiger partial charge >= 0.3 is 6.03 Å². The Morgan fingerprint density at radius 2 is 1.97 bits per heavy atom. The van der Waals surface area contributed by atoms with Crippen LogP contribution < -0.4 is 10.1 Å². The topological polar surface area (TPSA) is 46.5 Å². The van der Waals surface area contributed by atoms with Gasteiger partial charge in [-0.3, -0.25) is 0 Å². The van der Waals surface area contributed by atoms with Gasteiger partial charge in [0.2, 0.25) is 0 Å². The summed E-state index contributed by atoms with van der Waals surface area (Å²) in [6, 6.07) is 20.1. The van der Waals surface area contributed by atoms with E-state index in [4.69, 9.17) is 4.74 Å². The van der Waals surface area contributed by atoms with E-state index in [1.807, 2.05) is 79.7 Å². The van der Waals surface area contributed by atoms with Crippen molar-refractivity contribution in [2.24, 2.45) is 7.05 Å². The average Bonchev–Trinajstić information content (AvgIpc) is 3.37. The lowest BCUT2D eigenvalue weighted by Gasteiger charge is -2.26. The summed E-state index contributed by atoms with van der Waals surface area (Å²) in [5.41, 5.74) is 4.06. The van der Waals surface area contributed by atoms with Crippen molar-refractivity contribution in [3.05, 3.63) is 83.7 Å². The zero-order chi connectivity index (χ0) is 20.2. The number of carbonyl (C=O) groups excluding carboxylic acids is 1. The van der Waals surface area contributed by atoms with Gasteiger partial charge in [-0.15, -0.1) is 0 Å². The number of likely N-dealkylation sites (tertiary alicyclic amines) is 1. The highest BCUT2D eigenvalue weighted by molar-refractivity contribution is 5.91. The molecule has 2 heterocycles. The molecule has 3 aromatic rings. The summed E-state index contributed by atoms with van der Waals surface area (Å²) < 4.78 is 8.14. The highest BCUT2D eigenvalue weighted by atomic mass is 16.5. The fourth-order valence-corrected chi connectivity index (χ4v) is 3.91. The first-order valence-electron chi connectivity index (χ1n) is 10.1. The Balaban J connectivity index is 1.50. The van der Waals surface area contributed by atoms with E-state index in [1.54, 1.807) is 0 Å². The van der Waals surface area contributed by atoms with E-state index >= 15 is 0 Å². The van der Waals surface area contributed by atoms with E-state index in [9.17, 15) is 4.79 Å². The Bertz CT molecular complexity index is 981. The highest BCUT2D eigenvalue weighted by Gasteiger charge is 2.31. The molecule has 1 aliphatic heterocycles. The minimum Gasteiger partial charge on any atom is -0.487 e. The molecule has 1 aliphatic rings. The maximum absolute atomic E-state index is 13.1. The quantitative estimate of drug-likeness (QED) is 0.645. The van der Waals surface area contributed by atoms with Crippen LogP contribution in [-0.4, -0.2) is 22.0 Å². The number of ether oxygens (including phenoxy) is 1. The molecule has 150 valence electrons. The number of benzene rings is 2. The summed E-state index contributed by atoms with van der Waals surface area (Å²) in [5, 5.41) is 3.08. The van der Waals surface area contributed by atoms with Gasteiger partial charge in [0.05, 0.1) is 11.7 Å². The molecule has 29 heavy (non-hydrogen) atoms. The van der Waals surface area contributed by atoms with Crippen molar-refractivity contribution in [1.29, 1.82) is 0 Å². The Kier molecular flexibility index (Phi) is 5.56. The predicted octanol–water partition coefficient (Wildman–Crippen LogP) is 5.28. The molecule has 0 saturated carbocycles. The minimum absolute atomic E-state index is 0.0814. The summed E-state index contributed by atoms with van der Waals surface area (Å²) in [7, 11) is 2.03. The van der Waals surface area contributed by atoms with Gasteiger partial charge < -0.3 is 19.5 Å². The summed E-state index contributed by atoms with van der Waals surface area (Å²) in [6.07, 6.45) is 4.02. The number of nitrogens with zero attached hydrogens (tertiary/aromatic N) is 2. The van der Waals surface area contributed by atoms with Crippen LogP contribution in [0.15, 0.2) is 66.9 Å². The first kappa shape index (κ1) is 19.1. The van der Waals surface area contributed by atoms with Crippen molar-refractivity contribution in [2.75, 3.05) is 11.9 Å². The number of anilines is 1. The Morgan fingerprint density at radius 3 is 2.72 bits per heavy atom. The number of amides is 2. The highest BCUT2D eigenvalue weighted by Crippen LogP contribution is 2.33. The Morgan fingerprint density at radius 1 is 1.14 bits per heavy atom. The first-order chi connectivity index (χ1) is 14.1. The Labute approximate surface area is 171 Å². The number of rotatable bonds is 5. The number of nitrogens with one attached hydrogen (secondary N) is 1. The lowest BCUT2D eigenvalue weighted by Crippen LogP contribution is -2.35. The van der Waals surface area contributed by atoms with Gasteiger partial charge in [-0.05, 0) is 55.2 Å². The van der Waals surface area contributed by atoms with Crippen LogP contribution in [0, 0.1) is 6.92 Å². The van der Waals surface area contributed by atoms with Crippen LogP contribution in [0.3, 0.4) is 0 Å². The molecule has 0 aliphatic carbocycles. The van der Waals surface area contributed by atoms with Crippen LogP contribution in [0.25, 0.3) is 0 Å². The molecule has 4 rings (SSSR count). The molecular formula is C24H27N3O2. The number of urea groups is 1. The third-order valence-electron chi connectivity index (χ3n) is 5.45. The molecule has 2 amide bonds. The summed E-state index contributed by atoms with van der Waals surface area (Å²) in [5.74, 6) is 0.691. The number of aryl methyl sites for hydroxylation is 2. The smallest absolute Gasteiger partial charge is 0.322 e. The molecule has 1 aromatic heterocycles. The fourth-order valence-electron chi connectivity index (χ4n) is 3.91. The number of hydrogen-bond donors (Lipinski definition) is 1. The maximum Gasteiger partial charge on any atom is 0.322 e. The van der Waals surface area contributed by atoms with Gasteiger partial charge in [0.25, 0.3) is 0 Å². The fraction of sp³-hybridized carbons (Fsp3) is 0.292. The van der Waals surface area contributed by atoms with Gasteiger partial charge in [-0.1, -0.05) is 36.4 Å². The summed E-state index contributed by atoms with van der Waals surface area (Å²) >= 11 is 0. The second-order valence-electron chi connectivity index (χ2n) is 7.60. The van der Waals surface area contributed by atoms with Gasteiger partial charge in [0, 0.05) is 25.5 Å². The van der Waals surface area contributed by atoms with Crippen LogP contribution >= 0.6 is 0 Å². The van der Waals surface area contributed by atoms with E-state index < -0.39 is 0 Å².